The van der Waals surface area contributed by atoms with E-state index in [2.05, 4.69) is 15.6 Å². The largest absolute Gasteiger partial charge is 0.427 e. The van der Waals surface area contributed by atoms with E-state index in [4.69, 9.17) is 0 Å². The number of amides is 3. The van der Waals surface area contributed by atoms with Crippen molar-refractivity contribution in [2.45, 2.75) is 43.9 Å². The highest BCUT2D eigenvalue weighted by atomic mass is 32.1. The lowest BCUT2D eigenvalue weighted by Gasteiger charge is -2.23. The van der Waals surface area contributed by atoms with Crippen LogP contribution in [0.2, 0.25) is 0 Å². The molecule has 1 atom stereocenters. The van der Waals surface area contributed by atoms with Gasteiger partial charge in [-0.1, -0.05) is 11.3 Å². The van der Waals surface area contributed by atoms with Crippen molar-refractivity contribution in [3.63, 3.8) is 0 Å². The molecule has 2 heterocycles. The fourth-order valence-corrected chi connectivity index (χ4v) is 3.11. The number of alkyl halides is 3. The van der Waals surface area contributed by atoms with Gasteiger partial charge in [0.15, 0.2) is 5.13 Å². The zero-order valence-corrected chi connectivity index (χ0v) is 12.8. The van der Waals surface area contributed by atoms with Gasteiger partial charge in [-0.3, -0.25) is 10.1 Å². The van der Waals surface area contributed by atoms with Crippen molar-refractivity contribution in [3.8, 4) is 0 Å². The summed E-state index contributed by atoms with van der Waals surface area (Å²) in [5.41, 5.74) is 0. The van der Waals surface area contributed by atoms with Gasteiger partial charge in [0.1, 0.15) is 10.9 Å². The number of anilines is 1. The van der Waals surface area contributed by atoms with Crippen LogP contribution in [-0.4, -0.2) is 40.5 Å². The third kappa shape index (κ3) is 3.74. The summed E-state index contributed by atoms with van der Waals surface area (Å²) in [5.74, 6) is -0.199. The van der Waals surface area contributed by atoms with E-state index in [1.807, 2.05) is 0 Å². The van der Waals surface area contributed by atoms with Crippen LogP contribution in [0, 0.1) is 0 Å². The Morgan fingerprint density at radius 3 is 2.65 bits per heavy atom. The van der Waals surface area contributed by atoms with Gasteiger partial charge < -0.3 is 10.2 Å². The summed E-state index contributed by atoms with van der Waals surface area (Å²) >= 11 is 0.362. The number of rotatable bonds is 3. The van der Waals surface area contributed by atoms with Crippen LogP contribution >= 0.6 is 11.3 Å². The van der Waals surface area contributed by atoms with Gasteiger partial charge in [0.25, 0.3) is 0 Å². The molecule has 10 heteroatoms. The summed E-state index contributed by atoms with van der Waals surface area (Å²) in [6, 6.07) is -0.972. The molecule has 1 aliphatic carbocycles. The van der Waals surface area contributed by atoms with Crippen molar-refractivity contribution >= 4 is 28.4 Å². The molecular formula is C13H15F3N4O2S. The molecule has 3 amide bonds. The number of urea groups is 1. The van der Waals surface area contributed by atoms with Crippen molar-refractivity contribution in [2.75, 3.05) is 11.9 Å². The second kappa shape index (κ2) is 5.99. The summed E-state index contributed by atoms with van der Waals surface area (Å²) in [6.07, 6.45) is -0.671. The molecule has 1 aliphatic heterocycles. The molecule has 126 valence electrons. The Hall–Kier alpha value is -1.84. The molecule has 23 heavy (non-hydrogen) atoms. The molecule has 0 spiro atoms. The van der Waals surface area contributed by atoms with E-state index in [9.17, 15) is 22.8 Å². The fraction of sp³-hybridized carbons (Fsp3) is 0.615. The molecule has 1 saturated heterocycles. The monoisotopic (exact) mass is 348 g/mol. The minimum atomic E-state index is -4.49. The van der Waals surface area contributed by atoms with E-state index >= 15 is 0 Å². The third-order valence-electron chi connectivity index (χ3n) is 3.74. The first-order valence-corrected chi connectivity index (χ1v) is 8.07. The Kier molecular flexibility index (Phi) is 4.17. The molecular weight excluding hydrogens is 333 g/mol. The van der Waals surface area contributed by atoms with Gasteiger partial charge in [0.2, 0.25) is 5.91 Å². The minimum absolute atomic E-state index is 0.129. The number of nitrogens with zero attached hydrogens (tertiary/aromatic N) is 2. The predicted molar refractivity (Wildman–Crippen MR) is 77.0 cm³/mol. The van der Waals surface area contributed by atoms with Gasteiger partial charge in [-0.2, -0.15) is 13.2 Å². The van der Waals surface area contributed by atoms with Crippen LogP contribution < -0.4 is 10.6 Å². The lowest BCUT2D eigenvalue weighted by Crippen LogP contribution is -2.47. The first-order valence-electron chi connectivity index (χ1n) is 7.25. The molecule has 1 aromatic heterocycles. The summed E-state index contributed by atoms with van der Waals surface area (Å²) in [6.45, 7) is 0.395. The number of nitrogens with one attached hydrogen (secondary N) is 2. The smallest absolute Gasteiger partial charge is 0.352 e. The Balaban J connectivity index is 1.62. The summed E-state index contributed by atoms with van der Waals surface area (Å²) < 4.78 is 37.6. The molecule has 0 bridgehead atoms. The molecule has 3 rings (SSSR count). The molecule has 0 radical (unpaired) electrons. The number of hydrogen-bond acceptors (Lipinski definition) is 4. The number of carbonyl (C=O) groups is 2. The summed E-state index contributed by atoms with van der Waals surface area (Å²) in [4.78, 5) is 28.4. The zero-order valence-electron chi connectivity index (χ0n) is 12.0. The van der Waals surface area contributed by atoms with E-state index < -0.39 is 23.1 Å². The van der Waals surface area contributed by atoms with Gasteiger partial charge >= 0.3 is 12.2 Å². The van der Waals surface area contributed by atoms with Crippen LogP contribution in [0.25, 0.3) is 0 Å². The molecule has 2 aliphatic rings. The van der Waals surface area contributed by atoms with Crippen molar-refractivity contribution in [1.82, 2.24) is 15.2 Å². The second-order valence-corrected chi connectivity index (χ2v) is 6.62. The van der Waals surface area contributed by atoms with Gasteiger partial charge in [0.05, 0.1) is 6.20 Å². The number of likely N-dealkylation sites (tertiary alicyclic amines) is 1. The van der Waals surface area contributed by atoms with Crippen LogP contribution in [0.4, 0.5) is 23.1 Å². The normalized spacial score (nSPS) is 21.3. The Bertz CT molecular complexity index is 615. The molecule has 0 aromatic carbocycles. The lowest BCUT2D eigenvalue weighted by molar-refractivity contribution is -0.134. The van der Waals surface area contributed by atoms with E-state index in [1.54, 1.807) is 0 Å². The maximum atomic E-state index is 12.5. The second-order valence-electron chi connectivity index (χ2n) is 5.59. The number of carbonyl (C=O) groups excluding carboxylic acids is 2. The predicted octanol–water partition coefficient (Wildman–Crippen LogP) is 2.44. The molecule has 1 saturated carbocycles. The maximum Gasteiger partial charge on any atom is 0.427 e. The Labute approximate surface area is 134 Å². The van der Waals surface area contributed by atoms with Crippen molar-refractivity contribution < 1.29 is 22.8 Å². The van der Waals surface area contributed by atoms with Crippen molar-refractivity contribution in [2.24, 2.45) is 0 Å². The molecule has 0 unspecified atom stereocenters. The highest BCUT2D eigenvalue weighted by molar-refractivity contribution is 7.15. The molecule has 2 fully saturated rings. The highest BCUT2D eigenvalue weighted by Gasteiger charge is 2.37. The highest BCUT2D eigenvalue weighted by Crippen LogP contribution is 2.35. The molecule has 6 nitrogen and oxygen atoms in total. The third-order valence-corrected chi connectivity index (χ3v) is 4.70. The summed E-state index contributed by atoms with van der Waals surface area (Å²) in [7, 11) is 0. The van der Waals surface area contributed by atoms with Gasteiger partial charge in [-0.25, -0.2) is 9.78 Å². The number of thiazole rings is 1. The topological polar surface area (TPSA) is 74.3 Å². The average Bonchev–Trinajstić information content (AvgIpc) is 2.98. The van der Waals surface area contributed by atoms with Crippen molar-refractivity contribution in [1.29, 1.82) is 0 Å². The molecule has 1 aromatic rings. The zero-order chi connectivity index (χ0) is 16.6. The SMILES string of the molecule is O=C(NC1CC1)[C@H]1CCCN1C(=O)Nc1ncc(C(F)(F)F)s1. The van der Waals surface area contributed by atoms with E-state index in [0.29, 0.717) is 36.9 Å². The van der Waals surface area contributed by atoms with Gasteiger partial charge in [-0.05, 0) is 25.7 Å². The first kappa shape index (κ1) is 16.0. The van der Waals surface area contributed by atoms with Crippen molar-refractivity contribution in [3.05, 3.63) is 11.1 Å². The van der Waals surface area contributed by atoms with Gasteiger partial charge in [-0.15, -0.1) is 0 Å². The van der Waals surface area contributed by atoms with Crippen LogP contribution in [-0.2, 0) is 11.0 Å². The quantitative estimate of drug-likeness (QED) is 0.881. The number of halogens is 3. The van der Waals surface area contributed by atoms with E-state index in [1.165, 1.54) is 4.90 Å². The Morgan fingerprint density at radius 1 is 1.30 bits per heavy atom. The van der Waals surface area contributed by atoms with Crippen LogP contribution in [0.1, 0.15) is 30.6 Å². The van der Waals surface area contributed by atoms with E-state index in [-0.39, 0.29) is 17.1 Å². The van der Waals surface area contributed by atoms with Crippen LogP contribution in [0.5, 0.6) is 0 Å². The van der Waals surface area contributed by atoms with E-state index in [0.717, 1.165) is 12.8 Å². The number of aromatic nitrogens is 1. The van der Waals surface area contributed by atoms with Crippen LogP contribution in [0.15, 0.2) is 6.20 Å². The summed E-state index contributed by atoms with van der Waals surface area (Å²) in [5, 5.41) is 5.06. The Morgan fingerprint density at radius 2 is 2.04 bits per heavy atom. The first-order chi connectivity index (χ1) is 10.8. The van der Waals surface area contributed by atoms with Crippen LogP contribution in [0.3, 0.4) is 0 Å². The van der Waals surface area contributed by atoms with Gasteiger partial charge in [0, 0.05) is 12.6 Å². The maximum absolute atomic E-state index is 12.5. The fourth-order valence-electron chi connectivity index (χ4n) is 2.43. The minimum Gasteiger partial charge on any atom is -0.352 e. The standard InChI is InChI=1S/C13H15F3N4O2S/c14-13(15,16)9-6-17-11(23-9)19-12(22)20-5-1-2-8(20)10(21)18-7-3-4-7/h6-8H,1-5H2,(H,18,21)(H,17,19,22)/t8-/m1/s1. The lowest BCUT2D eigenvalue weighted by atomic mass is 10.2. The average molecular weight is 348 g/mol. The molecule has 2 N–H and O–H groups in total. The number of hydrogen-bond donors (Lipinski definition) is 2.